The summed E-state index contributed by atoms with van der Waals surface area (Å²) in [5.74, 6) is -1.91. The molecule has 0 radical (unpaired) electrons. The maximum absolute atomic E-state index is 13.9. The standard InChI is InChI=1S/C35H37N5O7S2/c1-5-21-19-48-32-27(38-30(42)26(24-20-49-34(36)37-24)39-45-18-12-17-25(41)47-35(2,3)4)31(43)40(32)28(21)33(44)46-29(22-13-8-6-9-14-22)23-15-10-7-11-16-23/h5-11,13-16,20,27,29,32H,1,12,17-19H2,2-4H3,(H2,36,37)(H,38,42)/b39-26+/t27?,32-/m1/s1. The van der Waals surface area contributed by atoms with Gasteiger partial charge in [-0.2, -0.15) is 0 Å². The molecule has 2 atom stereocenters. The largest absolute Gasteiger partial charge is 0.460 e. The molecular formula is C35H37N5O7S2. The highest BCUT2D eigenvalue weighted by molar-refractivity contribution is 8.00. The number of carbonyl (C=O) groups is 4. The first kappa shape index (κ1) is 35.4. The second kappa shape index (κ2) is 15.5. The van der Waals surface area contributed by atoms with Crippen molar-refractivity contribution in [1.82, 2.24) is 15.2 Å². The number of esters is 2. The Bertz CT molecular complexity index is 1730. The molecule has 0 spiro atoms. The van der Waals surface area contributed by atoms with Crippen molar-refractivity contribution in [2.24, 2.45) is 5.16 Å². The highest BCUT2D eigenvalue weighted by Gasteiger charge is 2.54. The van der Waals surface area contributed by atoms with E-state index in [0.717, 1.165) is 22.5 Å². The number of nitrogens with zero attached hydrogens (tertiary/aromatic N) is 3. The van der Waals surface area contributed by atoms with Gasteiger partial charge in [0.05, 0.1) is 0 Å². The first-order valence-electron chi connectivity index (χ1n) is 15.5. The average molecular weight is 704 g/mol. The Hall–Kier alpha value is -4.95. The lowest BCUT2D eigenvalue weighted by atomic mass is 10.0. The number of amides is 2. The molecule has 14 heteroatoms. The number of thioether (sulfide) groups is 1. The topological polar surface area (TPSA) is 163 Å². The molecule has 1 aromatic heterocycles. The number of fused-ring (bicyclic) bond motifs is 1. The van der Waals surface area contributed by atoms with Crippen LogP contribution in [0, 0.1) is 0 Å². The number of nitrogen functional groups attached to an aromatic ring is 1. The fraction of sp³-hybridized carbons (Fsp3) is 0.314. The molecule has 1 fully saturated rings. The van der Waals surface area contributed by atoms with Gasteiger partial charge in [-0.05, 0) is 43.9 Å². The molecule has 3 N–H and O–H groups in total. The zero-order valence-electron chi connectivity index (χ0n) is 27.3. The Morgan fingerprint density at radius 2 is 1.78 bits per heavy atom. The van der Waals surface area contributed by atoms with Gasteiger partial charge in [0.15, 0.2) is 16.9 Å². The van der Waals surface area contributed by atoms with E-state index >= 15 is 0 Å². The first-order chi connectivity index (χ1) is 23.5. The fourth-order valence-electron chi connectivity index (χ4n) is 5.13. The van der Waals surface area contributed by atoms with Gasteiger partial charge in [0.1, 0.15) is 35.0 Å². The van der Waals surface area contributed by atoms with E-state index < -0.39 is 40.9 Å². The van der Waals surface area contributed by atoms with Crippen LogP contribution in [0.2, 0.25) is 0 Å². The van der Waals surface area contributed by atoms with Gasteiger partial charge in [-0.3, -0.25) is 19.3 Å². The van der Waals surface area contributed by atoms with Crippen LogP contribution in [-0.2, 0) is 33.5 Å². The minimum absolute atomic E-state index is 0.0256. The molecule has 2 aromatic carbocycles. The summed E-state index contributed by atoms with van der Waals surface area (Å²) in [5.41, 5.74) is 7.35. The number of hydrogen-bond acceptors (Lipinski definition) is 12. The Balaban J connectivity index is 1.29. The first-order valence-corrected chi connectivity index (χ1v) is 17.4. The lowest BCUT2D eigenvalue weighted by Gasteiger charge is -2.49. The third-order valence-corrected chi connectivity index (χ3v) is 9.30. The van der Waals surface area contributed by atoms with Gasteiger partial charge in [-0.1, -0.05) is 78.5 Å². The van der Waals surface area contributed by atoms with Crippen LogP contribution in [-0.4, -0.2) is 68.7 Å². The molecule has 3 heterocycles. The van der Waals surface area contributed by atoms with E-state index in [-0.39, 0.29) is 41.2 Å². The molecule has 2 aliphatic rings. The third kappa shape index (κ3) is 8.56. The van der Waals surface area contributed by atoms with E-state index in [1.165, 1.54) is 22.7 Å². The molecular weight excluding hydrogens is 667 g/mol. The summed E-state index contributed by atoms with van der Waals surface area (Å²) in [4.78, 5) is 63.9. The van der Waals surface area contributed by atoms with Crippen molar-refractivity contribution in [3.63, 3.8) is 0 Å². The van der Waals surface area contributed by atoms with Crippen LogP contribution in [0.1, 0.15) is 56.5 Å². The Labute approximate surface area is 292 Å². The molecule has 12 nitrogen and oxygen atoms in total. The van der Waals surface area contributed by atoms with Crippen LogP contribution < -0.4 is 11.1 Å². The highest BCUT2D eigenvalue weighted by Crippen LogP contribution is 2.42. The molecule has 2 aliphatic heterocycles. The minimum atomic E-state index is -0.973. The number of nitrogens with two attached hydrogens (primary N) is 1. The van der Waals surface area contributed by atoms with Crippen molar-refractivity contribution in [2.45, 2.75) is 56.7 Å². The summed E-state index contributed by atoms with van der Waals surface area (Å²) in [5, 5.41) is 7.89. The van der Waals surface area contributed by atoms with E-state index in [4.69, 9.17) is 20.0 Å². The van der Waals surface area contributed by atoms with Gasteiger partial charge in [0, 0.05) is 17.6 Å². The monoisotopic (exact) mass is 703 g/mol. The highest BCUT2D eigenvalue weighted by atomic mass is 32.2. The van der Waals surface area contributed by atoms with Gasteiger partial charge in [0.25, 0.3) is 11.8 Å². The smallest absolute Gasteiger partial charge is 0.356 e. The zero-order valence-corrected chi connectivity index (χ0v) is 28.9. The van der Waals surface area contributed by atoms with Crippen molar-refractivity contribution < 1.29 is 33.5 Å². The minimum Gasteiger partial charge on any atom is -0.460 e. The quantitative estimate of drug-likeness (QED) is 0.0836. The van der Waals surface area contributed by atoms with E-state index in [9.17, 15) is 19.2 Å². The molecule has 0 bridgehead atoms. The molecule has 3 aromatic rings. The summed E-state index contributed by atoms with van der Waals surface area (Å²) in [6, 6.07) is 17.7. The van der Waals surface area contributed by atoms with Crippen LogP contribution in [0.5, 0.6) is 0 Å². The predicted octanol–water partition coefficient (Wildman–Crippen LogP) is 4.74. The van der Waals surface area contributed by atoms with E-state index in [1.807, 2.05) is 60.7 Å². The maximum atomic E-state index is 13.9. The van der Waals surface area contributed by atoms with Crippen LogP contribution >= 0.6 is 23.1 Å². The van der Waals surface area contributed by atoms with Crippen molar-refractivity contribution in [3.05, 3.63) is 107 Å². The van der Waals surface area contributed by atoms with Crippen LogP contribution in [0.15, 0.2) is 95.1 Å². The van der Waals surface area contributed by atoms with Gasteiger partial charge in [-0.15, -0.1) is 23.1 Å². The van der Waals surface area contributed by atoms with Crippen LogP contribution in [0.3, 0.4) is 0 Å². The van der Waals surface area contributed by atoms with Gasteiger partial charge < -0.3 is 25.4 Å². The zero-order chi connectivity index (χ0) is 35.1. The summed E-state index contributed by atoms with van der Waals surface area (Å²) in [6.07, 6.45) is 1.22. The van der Waals surface area contributed by atoms with Crippen molar-refractivity contribution in [2.75, 3.05) is 18.1 Å². The van der Waals surface area contributed by atoms with Gasteiger partial charge in [0.2, 0.25) is 0 Å². The summed E-state index contributed by atoms with van der Waals surface area (Å²) in [7, 11) is 0. The lowest BCUT2D eigenvalue weighted by Crippen LogP contribution is -2.71. The number of ether oxygens (including phenoxy) is 2. The average Bonchev–Trinajstić information content (AvgIpc) is 3.52. The Morgan fingerprint density at radius 3 is 2.35 bits per heavy atom. The summed E-state index contributed by atoms with van der Waals surface area (Å²) >= 11 is 2.49. The molecule has 256 valence electrons. The number of carbonyl (C=O) groups excluding carboxylic acids is 4. The molecule has 1 saturated heterocycles. The normalized spacial score (nSPS) is 17.6. The number of nitrogens with one attached hydrogen (secondary N) is 1. The Morgan fingerprint density at radius 1 is 1.12 bits per heavy atom. The van der Waals surface area contributed by atoms with E-state index in [1.54, 1.807) is 26.2 Å². The number of anilines is 1. The SMILES string of the molecule is C=CC1=C(C(=O)OC(c2ccccc2)c2ccccc2)N2C(=O)C(NC(=O)/C(=N/OCCCC(=O)OC(C)(C)C)c3csc(N)n3)[C@H]2SC1. The fourth-order valence-corrected chi connectivity index (χ4v) is 7.02. The molecule has 2 amide bonds. The second-order valence-corrected chi connectivity index (χ2v) is 14.1. The van der Waals surface area contributed by atoms with Crippen molar-refractivity contribution >= 4 is 57.7 Å². The molecule has 0 saturated carbocycles. The molecule has 1 unspecified atom stereocenters. The van der Waals surface area contributed by atoms with Crippen molar-refractivity contribution in [3.8, 4) is 0 Å². The Kier molecular flexibility index (Phi) is 11.2. The summed E-state index contributed by atoms with van der Waals surface area (Å²) in [6.45, 7) is 9.22. The second-order valence-electron chi connectivity index (χ2n) is 12.1. The number of benzene rings is 2. The summed E-state index contributed by atoms with van der Waals surface area (Å²) < 4.78 is 11.4. The number of rotatable bonds is 13. The molecule has 0 aliphatic carbocycles. The van der Waals surface area contributed by atoms with Gasteiger partial charge in [-0.25, -0.2) is 9.78 Å². The maximum Gasteiger partial charge on any atom is 0.356 e. The third-order valence-electron chi connectivity index (χ3n) is 7.33. The van der Waals surface area contributed by atoms with Gasteiger partial charge >= 0.3 is 11.9 Å². The number of hydrogen-bond donors (Lipinski definition) is 2. The lowest BCUT2D eigenvalue weighted by molar-refractivity contribution is -0.155. The number of β-lactam (4-membered cyclic amide) rings is 1. The van der Waals surface area contributed by atoms with Crippen molar-refractivity contribution in [1.29, 1.82) is 0 Å². The van der Waals surface area contributed by atoms with E-state index in [0.29, 0.717) is 17.7 Å². The number of aromatic nitrogens is 1. The predicted molar refractivity (Wildman–Crippen MR) is 187 cm³/mol. The van der Waals surface area contributed by atoms with E-state index in [2.05, 4.69) is 22.0 Å². The van der Waals surface area contributed by atoms with Crippen LogP contribution in [0.25, 0.3) is 0 Å². The van der Waals surface area contributed by atoms with Crippen LogP contribution in [0.4, 0.5) is 5.13 Å². The molecule has 5 rings (SSSR count). The number of thiazole rings is 1. The number of oxime groups is 1. The molecule has 49 heavy (non-hydrogen) atoms. The number of allylic oxidation sites excluding steroid dienone is 1.